The van der Waals surface area contributed by atoms with Crippen molar-refractivity contribution in [2.75, 3.05) is 13.2 Å². The second kappa shape index (κ2) is 13.0. The Bertz CT molecular complexity index is 1070. The zero-order valence-corrected chi connectivity index (χ0v) is 20.6. The molecule has 1 unspecified atom stereocenters. The quantitative estimate of drug-likeness (QED) is 0.377. The molecule has 0 aliphatic rings. The molecular weight excluding hydrogens is 471 g/mol. The molecule has 0 aliphatic carbocycles. The zero-order chi connectivity index (χ0) is 24.3. The first-order valence-electron chi connectivity index (χ1n) is 11.2. The standard InChI is InChI=1S/C27H28Cl2N2O3/c1-2-16-30-27(33)25(17-20-8-4-3-5-9-20)31(18-21-10-6-7-11-24(21)29)26(32)19-34-23-14-12-22(28)13-15-23/h3-15,25H,2,16-19H2,1H3,(H,30,33). The average Bonchev–Trinajstić information content (AvgIpc) is 2.85. The normalized spacial score (nSPS) is 11.5. The predicted octanol–water partition coefficient (Wildman–Crippen LogP) is 5.54. The van der Waals surface area contributed by atoms with Crippen LogP contribution in [-0.2, 0) is 22.6 Å². The van der Waals surface area contributed by atoms with Gasteiger partial charge < -0.3 is 15.0 Å². The Hall–Kier alpha value is -3.02. The first kappa shape index (κ1) is 25.6. The van der Waals surface area contributed by atoms with Gasteiger partial charge in [-0.3, -0.25) is 9.59 Å². The third kappa shape index (κ3) is 7.51. The Balaban J connectivity index is 1.89. The lowest BCUT2D eigenvalue weighted by molar-refractivity contribution is -0.142. The second-order valence-electron chi connectivity index (χ2n) is 7.85. The highest BCUT2D eigenvalue weighted by Crippen LogP contribution is 2.21. The highest BCUT2D eigenvalue weighted by molar-refractivity contribution is 6.31. The van der Waals surface area contributed by atoms with Crippen LogP contribution in [0.4, 0.5) is 0 Å². The van der Waals surface area contributed by atoms with Gasteiger partial charge in [0.25, 0.3) is 5.91 Å². The van der Waals surface area contributed by atoms with E-state index < -0.39 is 6.04 Å². The molecule has 5 nitrogen and oxygen atoms in total. The number of ether oxygens (including phenoxy) is 1. The highest BCUT2D eigenvalue weighted by Gasteiger charge is 2.31. The molecule has 3 aromatic carbocycles. The van der Waals surface area contributed by atoms with Crippen molar-refractivity contribution in [1.82, 2.24) is 10.2 Å². The molecule has 0 heterocycles. The van der Waals surface area contributed by atoms with Crippen molar-refractivity contribution in [3.63, 3.8) is 0 Å². The Morgan fingerprint density at radius 3 is 2.29 bits per heavy atom. The summed E-state index contributed by atoms with van der Waals surface area (Å²) in [4.78, 5) is 28.3. The van der Waals surface area contributed by atoms with E-state index in [1.807, 2.05) is 55.5 Å². The molecule has 7 heteroatoms. The molecule has 0 aromatic heterocycles. The average molecular weight is 499 g/mol. The van der Waals surface area contributed by atoms with Crippen LogP contribution in [0.2, 0.25) is 10.0 Å². The van der Waals surface area contributed by atoms with Gasteiger partial charge in [0.1, 0.15) is 11.8 Å². The van der Waals surface area contributed by atoms with Crippen molar-refractivity contribution < 1.29 is 14.3 Å². The van der Waals surface area contributed by atoms with Crippen LogP contribution in [0.15, 0.2) is 78.9 Å². The van der Waals surface area contributed by atoms with Crippen molar-refractivity contribution in [1.29, 1.82) is 0 Å². The lowest BCUT2D eigenvalue weighted by atomic mass is 10.0. The van der Waals surface area contributed by atoms with Crippen LogP contribution in [0.25, 0.3) is 0 Å². The summed E-state index contributed by atoms with van der Waals surface area (Å²) >= 11 is 12.3. The van der Waals surface area contributed by atoms with Crippen molar-refractivity contribution in [2.24, 2.45) is 0 Å². The van der Waals surface area contributed by atoms with Gasteiger partial charge in [0.05, 0.1) is 0 Å². The van der Waals surface area contributed by atoms with Gasteiger partial charge in [0.15, 0.2) is 6.61 Å². The van der Waals surface area contributed by atoms with Gasteiger partial charge in [-0.25, -0.2) is 0 Å². The van der Waals surface area contributed by atoms with Gasteiger partial charge in [0, 0.05) is 29.6 Å². The van der Waals surface area contributed by atoms with E-state index >= 15 is 0 Å². The molecule has 3 aromatic rings. The number of nitrogens with zero attached hydrogens (tertiary/aromatic N) is 1. The largest absolute Gasteiger partial charge is 0.484 e. The van der Waals surface area contributed by atoms with Gasteiger partial charge in [-0.15, -0.1) is 0 Å². The molecule has 0 spiro atoms. The number of hydrogen-bond donors (Lipinski definition) is 1. The minimum absolute atomic E-state index is 0.180. The zero-order valence-electron chi connectivity index (χ0n) is 19.0. The van der Waals surface area contributed by atoms with Crippen LogP contribution >= 0.6 is 23.2 Å². The summed E-state index contributed by atoms with van der Waals surface area (Å²) in [7, 11) is 0. The molecule has 178 valence electrons. The molecule has 0 bridgehead atoms. The fourth-order valence-electron chi connectivity index (χ4n) is 3.49. The number of carbonyl (C=O) groups excluding carboxylic acids is 2. The van der Waals surface area contributed by atoms with Gasteiger partial charge >= 0.3 is 0 Å². The molecule has 1 atom stereocenters. The number of amides is 2. The predicted molar refractivity (Wildman–Crippen MR) is 136 cm³/mol. The summed E-state index contributed by atoms with van der Waals surface area (Å²) in [5.41, 5.74) is 1.71. The van der Waals surface area contributed by atoms with E-state index in [0.717, 1.165) is 17.5 Å². The number of nitrogens with one attached hydrogen (secondary N) is 1. The Morgan fingerprint density at radius 2 is 1.62 bits per heavy atom. The number of carbonyl (C=O) groups is 2. The van der Waals surface area contributed by atoms with E-state index in [2.05, 4.69) is 5.32 Å². The van der Waals surface area contributed by atoms with Gasteiger partial charge in [0.2, 0.25) is 5.91 Å². The first-order chi connectivity index (χ1) is 16.5. The second-order valence-corrected chi connectivity index (χ2v) is 8.70. The maximum atomic E-state index is 13.5. The lowest BCUT2D eigenvalue weighted by Crippen LogP contribution is -2.51. The van der Waals surface area contributed by atoms with E-state index in [9.17, 15) is 9.59 Å². The maximum Gasteiger partial charge on any atom is 0.261 e. The van der Waals surface area contributed by atoms with E-state index in [4.69, 9.17) is 27.9 Å². The van der Waals surface area contributed by atoms with E-state index in [-0.39, 0.29) is 25.0 Å². The third-order valence-corrected chi connectivity index (χ3v) is 5.92. The third-order valence-electron chi connectivity index (χ3n) is 5.29. The smallest absolute Gasteiger partial charge is 0.261 e. The topological polar surface area (TPSA) is 58.6 Å². The summed E-state index contributed by atoms with van der Waals surface area (Å²) in [6.07, 6.45) is 1.16. The Morgan fingerprint density at radius 1 is 0.941 bits per heavy atom. The van der Waals surface area contributed by atoms with Crippen LogP contribution in [0.1, 0.15) is 24.5 Å². The number of rotatable bonds is 11. The summed E-state index contributed by atoms with van der Waals surface area (Å²) in [5, 5.41) is 4.06. The molecule has 0 fully saturated rings. The van der Waals surface area contributed by atoms with E-state index in [1.54, 1.807) is 35.2 Å². The summed E-state index contributed by atoms with van der Waals surface area (Å²) in [6, 6.07) is 23.0. The molecule has 0 saturated heterocycles. The fraction of sp³-hybridized carbons (Fsp3) is 0.259. The minimum Gasteiger partial charge on any atom is -0.484 e. The summed E-state index contributed by atoms with van der Waals surface area (Å²) < 4.78 is 5.72. The van der Waals surface area contributed by atoms with Gasteiger partial charge in [-0.1, -0.05) is 78.7 Å². The minimum atomic E-state index is -0.730. The number of hydrogen-bond acceptors (Lipinski definition) is 3. The number of benzene rings is 3. The molecule has 0 aliphatic heterocycles. The summed E-state index contributed by atoms with van der Waals surface area (Å²) in [6.45, 7) is 2.47. The maximum absolute atomic E-state index is 13.5. The van der Waals surface area contributed by atoms with E-state index in [1.165, 1.54) is 0 Å². The van der Waals surface area contributed by atoms with Crippen LogP contribution < -0.4 is 10.1 Å². The van der Waals surface area contributed by atoms with Crippen LogP contribution in [0, 0.1) is 0 Å². The van der Waals surface area contributed by atoms with Crippen molar-refractivity contribution in [2.45, 2.75) is 32.4 Å². The fourth-order valence-corrected chi connectivity index (χ4v) is 3.81. The molecule has 34 heavy (non-hydrogen) atoms. The monoisotopic (exact) mass is 498 g/mol. The lowest BCUT2D eigenvalue weighted by Gasteiger charge is -2.31. The van der Waals surface area contributed by atoms with Crippen molar-refractivity contribution >= 4 is 35.0 Å². The molecule has 1 N–H and O–H groups in total. The highest BCUT2D eigenvalue weighted by atomic mass is 35.5. The SMILES string of the molecule is CCCNC(=O)C(Cc1ccccc1)N(Cc1ccccc1Cl)C(=O)COc1ccc(Cl)cc1. The Kier molecular flexibility index (Phi) is 9.80. The Labute approximate surface area is 210 Å². The van der Waals surface area contributed by atoms with Crippen molar-refractivity contribution in [3.8, 4) is 5.75 Å². The number of halogens is 2. The molecule has 0 radical (unpaired) electrons. The molecular formula is C27H28Cl2N2O3. The van der Waals surface area contributed by atoms with Crippen LogP contribution in [-0.4, -0.2) is 35.9 Å². The van der Waals surface area contributed by atoms with Crippen LogP contribution in [0.3, 0.4) is 0 Å². The van der Waals surface area contributed by atoms with Crippen molar-refractivity contribution in [3.05, 3.63) is 100 Å². The van der Waals surface area contributed by atoms with Gasteiger partial charge in [-0.05, 0) is 47.9 Å². The first-order valence-corrected chi connectivity index (χ1v) is 12.0. The van der Waals surface area contributed by atoms with E-state index in [0.29, 0.717) is 28.8 Å². The van der Waals surface area contributed by atoms with Crippen LogP contribution in [0.5, 0.6) is 5.75 Å². The summed E-state index contributed by atoms with van der Waals surface area (Å²) in [5.74, 6) is -0.00876. The molecule has 2 amide bonds. The molecule has 3 rings (SSSR count). The van der Waals surface area contributed by atoms with Gasteiger partial charge in [-0.2, -0.15) is 0 Å². The molecule has 0 saturated carbocycles.